The minimum atomic E-state index is 0.253. The molecule has 0 amide bonds. The van der Waals surface area contributed by atoms with E-state index in [4.69, 9.17) is 33.8 Å². The molecule has 2 rings (SSSR count). The van der Waals surface area contributed by atoms with Crippen molar-refractivity contribution in [3.05, 3.63) is 45.9 Å². The standard InChI is InChI=1S/C13H13Cl2N3O/c1-2-8-3-5-9(6-4-8)19-13-11(15)7-10(14)12(17-13)18-16/h3-7H,2,16H2,1H3,(H,17,18). The Kier molecular flexibility index (Phi) is 4.47. The SMILES string of the molecule is CCc1ccc(Oc2nc(NN)c(Cl)cc2Cl)cc1. The Morgan fingerprint density at radius 3 is 2.47 bits per heavy atom. The minimum absolute atomic E-state index is 0.253. The average molecular weight is 298 g/mol. The zero-order valence-electron chi connectivity index (χ0n) is 10.3. The summed E-state index contributed by atoms with van der Waals surface area (Å²) < 4.78 is 5.61. The first kappa shape index (κ1) is 13.9. The third-order valence-corrected chi connectivity index (χ3v) is 3.14. The Morgan fingerprint density at radius 2 is 1.89 bits per heavy atom. The molecule has 1 heterocycles. The van der Waals surface area contributed by atoms with Crippen LogP contribution in [0.2, 0.25) is 10.0 Å². The first-order valence-corrected chi connectivity index (χ1v) is 6.49. The lowest BCUT2D eigenvalue weighted by Crippen LogP contribution is -2.09. The van der Waals surface area contributed by atoms with E-state index in [1.807, 2.05) is 24.3 Å². The van der Waals surface area contributed by atoms with Crippen molar-refractivity contribution in [1.29, 1.82) is 0 Å². The number of nitrogen functional groups attached to an aromatic ring is 1. The number of nitrogens with two attached hydrogens (primary N) is 1. The number of benzene rings is 1. The van der Waals surface area contributed by atoms with Crippen LogP contribution in [0.1, 0.15) is 12.5 Å². The molecule has 0 fully saturated rings. The van der Waals surface area contributed by atoms with E-state index in [0.29, 0.717) is 21.6 Å². The highest BCUT2D eigenvalue weighted by Gasteiger charge is 2.10. The Morgan fingerprint density at radius 1 is 1.21 bits per heavy atom. The fourth-order valence-electron chi connectivity index (χ4n) is 1.53. The van der Waals surface area contributed by atoms with E-state index in [-0.39, 0.29) is 5.88 Å². The number of anilines is 1. The smallest absolute Gasteiger partial charge is 0.240 e. The van der Waals surface area contributed by atoms with Crippen molar-refractivity contribution in [2.75, 3.05) is 5.43 Å². The number of hydrazine groups is 1. The summed E-state index contributed by atoms with van der Waals surface area (Å²) in [4.78, 5) is 4.11. The number of aromatic nitrogens is 1. The van der Waals surface area contributed by atoms with Crippen LogP contribution in [0.4, 0.5) is 5.82 Å². The van der Waals surface area contributed by atoms with Gasteiger partial charge in [0.2, 0.25) is 5.88 Å². The quantitative estimate of drug-likeness (QED) is 0.661. The maximum Gasteiger partial charge on any atom is 0.240 e. The molecule has 4 nitrogen and oxygen atoms in total. The van der Waals surface area contributed by atoms with Crippen LogP contribution in [-0.4, -0.2) is 4.98 Å². The van der Waals surface area contributed by atoms with Crippen molar-refractivity contribution in [3.8, 4) is 11.6 Å². The topological polar surface area (TPSA) is 60.2 Å². The molecule has 0 aliphatic rings. The molecule has 0 unspecified atom stereocenters. The van der Waals surface area contributed by atoms with Crippen molar-refractivity contribution >= 4 is 29.0 Å². The lowest BCUT2D eigenvalue weighted by molar-refractivity contribution is 0.464. The Bertz CT molecular complexity index is 573. The maximum absolute atomic E-state index is 6.03. The molecule has 1 aromatic carbocycles. The minimum Gasteiger partial charge on any atom is -0.437 e. The van der Waals surface area contributed by atoms with Gasteiger partial charge in [-0.15, -0.1) is 0 Å². The molecule has 0 saturated heterocycles. The van der Waals surface area contributed by atoms with E-state index in [2.05, 4.69) is 17.3 Å². The lowest BCUT2D eigenvalue weighted by atomic mass is 10.2. The van der Waals surface area contributed by atoms with Crippen molar-refractivity contribution in [1.82, 2.24) is 4.98 Å². The fraction of sp³-hybridized carbons (Fsp3) is 0.154. The third kappa shape index (κ3) is 3.29. The number of hydrogen-bond acceptors (Lipinski definition) is 4. The lowest BCUT2D eigenvalue weighted by Gasteiger charge is -2.10. The molecule has 0 bridgehead atoms. The second-order valence-corrected chi connectivity index (χ2v) is 4.66. The van der Waals surface area contributed by atoms with Crippen LogP contribution in [0.5, 0.6) is 11.6 Å². The largest absolute Gasteiger partial charge is 0.437 e. The van der Waals surface area contributed by atoms with Gasteiger partial charge in [0.1, 0.15) is 10.8 Å². The fourth-order valence-corrected chi connectivity index (χ4v) is 1.98. The van der Waals surface area contributed by atoms with Gasteiger partial charge in [-0.2, -0.15) is 4.98 Å². The van der Waals surface area contributed by atoms with E-state index in [9.17, 15) is 0 Å². The summed E-state index contributed by atoms with van der Waals surface area (Å²) in [5, 5.41) is 0.657. The summed E-state index contributed by atoms with van der Waals surface area (Å²) in [6, 6.07) is 9.23. The van der Waals surface area contributed by atoms with Crippen LogP contribution in [0.25, 0.3) is 0 Å². The number of ether oxygens (including phenoxy) is 1. The Balaban J connectivity index is 2.26. The number of rotatable bonds is 4. The molecule has 6 heteroatoms. The number of nitrogens with zero attached hydrogens (tertiary/aromatic N) is 1. The predicted molar refractivity (Wildman–Crippen MR) is 78.0 cm³/mol. The van der Waals surface area contributed by atoms with E-state index in [0.717, 1.165) is 6.42 Å². The molecule has 0 radical (unpaired) electrons. The average Bonchev–Trinajstić information content (AvgIpc) is 2.42. The molecule has 0 saturated carbocycles. The highest BCUT2D eigenvalue weighted by atomic mass is 35.5. The summed E-state index contributed by atoms with van der Waals surface area (Å²) in [6.45, 7) is 2.09. The van der Waals surface area contributed by atoms with Gasteiger partial charge in [0.25, 0.3) is 0 Å². The van der Waals surface area contributed by atoms with Gasteiger partial charge in [0, 0.05) is 0 Å². The second kappa shape index (κ2) is 6.10. The normalized spacial score (nSPS) is 10.3. The highest BCUT2D eigenvalue weighted by Crippen LogP contribution is 2.33. The van der Waals surface area contributed by atoms with Crippen LogP contribution >= 0.6 is 23.2 Å². The van der Waals surface area contributed by atoms with E-state index in [1.165, 1.54) is 11.6 Å². The zero-order valence-corrected chi connectivity index (χ0v) is 11.8. The predicted octanol–water partition coefficient (Wildman–Crippen LogP) is 4.03. The molecule has 2 aromatic rings. The first-order valence-electron chi connectivity index (χ1n) is 5.73. The molecular weight excluding hydrogens is 285 g/mol. The zero-order chi connectivity index (χ0) is 13.8. The van der Waals surface area contributed by atoms with Crippen LogP contribution < -0.4 is 16.0 Å². The highest BCUT2D eigenvalue weighted by molar-refractivity contribution is 6.36. The Labute approximate surface area is 121 Å². The molecule has 0 spiro atoms. The Hall–Kier alpha value is -1.49. The van der Waals surface area contributed by atoms with E-state index < -0.39 is 0 Å². The van der Waals surface area contributed by atoms with Gasteiger partial charge in [-0.3, -0.25) is 0 Å². The van der Waals surface area contributed by atoms with Crippen LogP contribution in [0.3, 0.4) is 0 Å². The molecule has 1 aromatic heterocycles. The van der Waals surface area contributed by atoms with Crippen molar-refractivity contribution in [2.45, 2.75) is 13.3 Å². The molecule has 0 aliphatic carbocycles. The van der Waals surface area contributed by atoms with Gasteiger partial charge in [-0.1, -0.05) is 42.3 Å². The first-order chi connectivity index (χ1) is 9.13. The van der Waals surface area contributed by atoms with E-state index in [1.54, 1.807) is 0 Å². The van der Waals surface area contributed by atoms with Crippen LogP contribution in [-0.2, 0) is 6.42 Å². The maximum atomic E-state index is 6.03. The summed E-state index contributed by atoms with van der Waals surface area (Å²) in [7, 11) is 0. The summed E-state index contributed by atoms with van der Waals surface area (Å²) in [5.74, 6) is 6.52. The van der Waals surface area contributed by atoms with Crippen molar-refractivity contribution in [3.63, 3.8) is 0 Å². The third-order valence-electron chi connectivity index (χ3n) is 2.58. The number of pyridine rings is 1. The van der Waals surface area contributed by atoms with Gasteiger partial charge in [0.15, 0.2) is 5.82 Å². The molecule has 0 atom stereocenters. The summed E-state index contributed by atoms with van der Waals surface area (Å²) in [5.41, 5.74) is 3.61. The van der Waals surface area contributed by atoms with Crippen molar-refractivity contribution < 1.29 is 4.74 Å². The number of nitrogens with one attached hydrogen (secondary N) is 1. The molecule has 19 heavy (non-hydrogen) atoms. The number of aryl methyl sites for hydroxylation is 1. The number of halogens is 2. The molecule has 0 aliphatic heterocycles. The van der Waals surface area contributed by atoms with Gasteiger partial charge < -0.3 is 10.2 Å². The van der Waals surface area contributed by atoms with Crippen molar-refractivity contribution in [2.24, 2.45) is 5.84 Å². The van der Waals surface area contributed by atoms with Crippen LogP contribution in [0, 0.1) is 0 Å². The van der Waals surface area contributed by atoms with E-state index >= 15 is 0 Å². The molecular formula is C13H13Cl2N3O. The summed E-state index contributed by atoms with van der Waals surface area (Å²) >= 11 is 11.9. The van der Waals surface area contributed by atoms with Gasteiger partial charge >= 0.3 is 0 Å². The van der Waals surface area contributed by atoms with Gasteiger partial charge in [-0.25, -0.2) is 5.84 Å². The van der Waals surface area contributed by atoms with Crippen LogP contribution in [0.15, 0.2) is 30.3 Å². The molecule has 3 N–H and O–H groups in total. The van der Waals surface area contributed by atoms with Gasteiger partial charge in [-0.05, 0) is 30.2 Å². The summed E-state index contributed by atoms with van der Waals surface area (Å²) in [6.07, 6.45) is 0.974. The molecule has 100 valence electrons. The number of hydrogen-bond donors (Lipinski definition) is 2. The second-order valence-electron chi connectivity index (χ2n) is 3.85. The van der Waals surface area contributed by atoms with Gasteiger partial charge in [0.05, 0.1) is 5.02 Å². The monoisotopic (exact) mass is 297 g/mol.